The third kappa shape index (κ3) is 4.36. The molecule has 0 saturated carbocycles. The molecule has 0 radical (unpaired) electrons. The Morgan fingerprint density at radius 3 is 2.40 bits per heavy atom. The van der Waals surface area contributed by atoms with Crippen molar-refractivity contribution in [3.63, 3.8) is 0 Å². The van der Waals surface area contributed by atoms with Crippen molar-refractivity contribution < 1.29 is 28.2 Å². The third-order valence-electron chi connectivity index (χ3n) is 3.59. The van der Waals surface area contributed by atoms with Crippen molar-refractivity contribution >= 4 is 16.0 Å². The standard InChI is InChI=1S/C17H19NO6S/c1-24-16-8-7-14(11-15(16)17(20)21)25(22,23)18(9-10-19)12-13-5-3-2-4-6-13/h2-8,11,19H,9-10,12H2,1H3,(H,20,21). The van der Waals surface area contributed by atoms with Crippen LogP contribution in [-0.4, -0.2) is 49.2 Å². The van der Waals surface area contributed by atoms with Crippen molar-refractivity contribution in [1.82, 2.24) is 4.31 Å². The molecular formula is C17H19NO6S. The summed E-state index contributed by atoms with van der Waals surface area (Å²) in [5, 5.41) is 18.5. The quantitative estimate of drug-likeness (QED) is 0.736. The maximum absolute atomic E-state index is 12.9. The van der Waals surface area contributed by atoms with Crippen LogP contribution < -0.4 is 4.74 Å². The highest BCUT2D eigenvalue weighted by atomic mass is 32.2. The van der Waals surface area contributed by atoms with Gasteiger partial charge in [-0.3, -0.25) is 0 Å². The number of carboxylic acids is 1. The molecule has 0 aliphatic rings. The zero-order chi connectivity index (χ0) is 18.4. The van der Waals surface area contributed by atoms with E-state index in [1.165, 1.54) is 19.2 Å². The van der Waals surface area contributed by atoms with Crippen LogP contribution in [0.1, 0.15) is 15.9 Å². The first-order valence-electron chi connectivity index (χ1n) is 7.46. The number of hydrogen-bond acceptors (Lipinski definition) is 5. The van der Waals surface area contributed by atoms with Crippen molar-refractivity contribution in [2.75, 3.05) is 20.3 Å². The van der Waals surface area contributed by atoms with Gasteiger partial charge < -0.3 is 14.9 Å². The van der Waals surface area contributed by atoms with Gasteiger partial charge in [0.25, 0.3) is 0 Å². The van der Waals surface area contributed by atoms with E-state index in [2.05, 4.69) is 0 Å². The average molecular weight is 365 g/mol. The summed E-state index contributed by atoms with van der Waals surface area (Å²) in [5.41, 5.74) is 0.513. The SMILES string of the molecule is COc1ccc(S(=O)(=O)N(CCO)Cc2ccccc2)cc1C(=O)O. The van der Waals surface area contributed by atoms with Crippen LogP contribution in [0.15, 0.2) is 53.4 Å². The summed E-state index contributed by atoms with van der Waals surface area (Å²) in [6.45, 7) is -0.391. The minimum absolute atomic E-state index is 0.0676. The van der Waals surface area contributed by atoms with Crippen molar-refractivity contribution in [3.05, 3.63) is 59.7 Å². The van der Waals surface area contributed by atoms with Crippen LogP contribution in [-0.2, 0) is 16.6 Å². The smallest absolute Gasteiger partial charge is 0.339 e. The molecule has 0 heterocycles. The second-order valence-electron chi connectivity index (χ2n) is 5.22. The summed E-state index contributed by atoms with van der Waals surface area (Å²) >= 11 is 0. The van der Waals surface area contributed by atoms with Crippen LogP contribution in [0.2, 0.25) is 0 Å². The summed E-state index contributed by atoms with van der Waals surface area (Å²) < 4.78 is 31.8. The fraction of sp³-hybridized carbons (Fsp3) is 0.235. The number of rotatable bonds is 8. The number of hydrogen-bond donors (Lipinski definition) is 2. The number of carbonyl (C=O) groups is 1. The molecule has 2 aromatic carbocycles. The van der Waals surface area contributed by atoms with E-state index in [4.69, 9.17) is 4.74 Å². The Bertz CT molecular complexity index is 835. The number of benzene rings is 2. The normalized spacial score (nSPS) is 11.5. The van der Waals surface area contributed by atoms with Gasteiger partial charge in [-0.2, -0.15) is 4.31 Å². The van der Waals surface area contributed by atoms with Crippen LogP contribution in [0.5, 0.6) is 5.75 Å². The van der Waals surface area contributed by atoms with Gasteiger partial charge in [-0.1, -0.05) is 30.3 Å². The molecule has 0 aliphatic carbocycles. The number of ether oxygens (including phenoxy) is 1. The molecule has 2 rings (SSSR count). The van der Waals surface area contributed by atoms with E-state index in [1.807, 2.05) is 6.07 Å². The van der Waals surface area contributed by atoms with E-state index in [0.29, 0.717) is 0 Å². The molecule has 8 heteroatoms. The molecule has 7 nitrogen and oxygen atoms in total. The summed E-state index contributed by atoms with van der Waals surface area (Å²) in [5.74, 6) is -1.21. The third-order valence-corrected chi connectivity index (χ3v) is 5.43. The molecule has 0 fully saturated rings. The lowest BCUT2D eigenvalue weighted by atomic mass is 10.2. The second-order valence-corrected chi connectivity index (χ2v) is 7.15. The van der Waals surface area contributed by atoms with Gasteiger partial charge in [-0.15, -0.1) is 0 Å². The van der Waals surface area contributed by atoms with Crippen LogP contribution in [0, 0.1) is 0 Å². The van der Waals surface area contributed by atoms with Crippen molar-refractivity contribution in [3.8, 4) is 5.75 Å². The summed E-state index contributed by atoms with van der Waals surface area (Å²) in [6.07, 6.45) is 0. The van der Waals surface area contributed by atoms with E-state index in [9.17, 15) is 23.4 Å². The summed E-state index contributed by atoms with van der Waals surface area (Å²) in [7, 11) is -2.68. The monoisotopic (exact) mass is 365 g/mol. The number of carboxylic acid groups (broad SMARTS) is 1. The molecule has 2 N–H and O–H groups in total. The predicted octanol–water partition coefficient (Wildman–Crippen LogP) is 1.58. The number of aliphatic hydroxyl groups is 1. The van der Waals surface area contributed by atoms with Crippen molar-refractivity contribution in [1.29, 1.82) is 0 Å². The molecule has 0 saturated heterocycles. The highest BCUT2D eigenvalue weighted by molar-refractivity contribution is 7.89. The lowest BCUT2D eigenvalue weighted by molar-refractivity contribution is 0.0693. The average Bonchev–Trinajstić information content (AvgIpc) is 2.61. The van der Waals surface area contributed by atoms with Crippen LogP contribution >= 0.6 is 0 Å². The van der Waals surface area contributed by atoms with E-state index in [1.54, 1.807) is 24.3 Å². The first-order valence-corrected chi connectivity index (χ1v) is 8.90. The minimum Gasteiger partial charge on any atom is -0.496 e. The molecule has 0 unspecified atom stereocenters. The molecule has 25 heavy (non-hydrogen) atoms. The number of aromatic carboxylic acids is 1. The van der Waals surface area contributed by atoms with E-state index < -0.39 is 16.0 Å². The van der Waals surface area contributed by atoms with Gasteiger partial charge in [0.15, 0.2) is 0 Å². The van der Waals surface area contributed by atoms with Gasteiger partial charge >= 0.3 is 5.97 Å². The lowest BCUT2D eigenvalue weighted by Gasteiger charge is -2.22. The van der Waals surface area contributed by atoms with Gasteiger partial charge in [0, 0.05) is 13.1 Å². The van der Waals surface area contributed by atoms with Gasteiger partial charge in [0.1, 0.15) is 11.3 Å². The van der Waals surface area contributed by atoms with Crippen molar-refractivity contribution in [2.24, 2.45) is 0 Å². The Kier molecular flexibility index (Phi) is 6.13. The largest absolute Gasteiger partial charge is 0.496 e. The Morgan fingerprint density at radius 2 is 1.84 bits per heavy atom. The Labute approximate surface area is 146 Å². The molecule has 2 aromatic rings. The zero-order valence-electron chi connectivity index (χ0n) is 13.6. The molecule has 0 spiro atoms. The predicted molar refractivity (Wildman–Crippen MR) is 91.1 cm³/mol. The van der Waals surface area contributed by atoms with E-state index in [-0.39, 0.29) is 35.9 Å². The number of sulfonamides is 1. The van der Waals surface area contributed by atoms with Crippen molar-refractivity contribution in [2.45, 2.75) is 11.4 Å². The summed E-state index contributed by atoms with van der Waals surface area (Å²) in [4.78, 5) is 11.1. The Morgan fingerprint density at radius 1 is 1.16 bits per heavy atom. The second kappa shape index (κ2) is 8.11. The molecule has 0 atom stereocenters. The molecule has 0 aromatic heterocycles. The molecular weight excluding hydrogens is 346 g/mol. The van der Waals surface area contributed by atoms with Gasteiger partial charge in [-0.25, -0.2) is 13.2 Å². The number of aliphatic hydroxyl groups excluding tert-OH is 1. The molecule has 0 aliphatic heterocycles. The van der Waals surface area contributed by atoms with E-state index >= 15 is 0 Å². The molecule has 134 valence electrons. The van der Waals surface area contributed by atoms with Crippen LogP contribution in [0.3, 0.4) is 0 Å². The summed E-state index contributed by atoms with van der Waals surface area (Å²) in [6, 6.07) is 12.6. The number of nitrogens with zero attached hydrogens (tertiary/aromatic N) is 1. The first-order chi connectivity index (χ1) is 11.9. The highest BCUT2D eigenvalue weighted by Gasteiger charge is 2.26. The first kappa shape index (κ1) is 18.9. The van der Waals surface area contributed by atoms with Gasteiger partial charge in [0.2, 0.25) is 10.0 Å². The van der Waals surface area contributed by atoms with Gasteiger partial charge in [0.05, 0.1) is 18.6 Å². The fourth-order valence-electron chi connectivity index (χ4n) is 2.35. The van der Waals surface area contributed by atoms with Crippen LogP contribution in [0.4, 0.5) is 0 Å². The maximum atomic E-state index is 12.9. The minimum atomic E-state index is -3.99. The Balaban J connectivity index is 2.43. The lowest BCUT2D eigenvalue weighted by Crippen LogP contribution is -2.33. The highest BCUT2D eigenvalue weighted by Crippen LogP contribution is 2.25. The van der Waals surface area contributed by atoms with Crippen LogP contribution in [0.25, 0.3) is 0 Å². The number of methoxy groups -OCH3 is 1. The Hall–Kier alpha value is -2.42. The van der Waals surface area contributed by atoms with E-state index in [0.717, 1.165) is 15.9 Å². The fourth-order valence-corrected chi connectivity index (χ4v) is 3.79. The molecule has 0 bridgehead atoms. The maximum Gasteiger partial charge on any atom is 0.339 e. The topological polar surface area (TPSA) is 104 Å². The van der Waals surface area contributed by atoms with Gasteiger partial charge in [-0.05, 0) is 23.8 Å². The zero-order valence-corrected chi connectivity index (χ0v) is 14.4. The molecule has 0 amide bonds.